The molecule has 0 fully saturated rings. The number of aryl methyl sites for hydroxylation is 2. The van der Waals surface area contributed by atoms with Gasteiger partial charge in [-0.2, -0.15) is 0 Å². The van der Waals surface area contributed by atoms with Gasteiger partial charge >= 0.3 is 0 Å². The van der Waals surface area contributed by atoms with E-state index in [1.54, 1.807) is 0 Å². The quantitative estimate of drug-likeness (QED) is 0.820. The summed E-state index contributed by atoms with van der Waals surface area (Å²) in [4.78, 5) is 9.08. The second kappa shape index (κ2) is 5.21. The highest BCUT2D eigenvalue weighted by atomic mass is 14.9. The van der Waals surface area contributed by atoms with Crippen LogP contribution in [0.2, 0.25) is 0 Å². The Balaban J connectivity index is 2.97. The van der Waals surface area contributed by atoms with Crippen LogP contribution in [-0.2, 0) is 13.0 Å². The van der Waals surface area contributed by atoms with Crippen LogP contribution in [0.4, 0.5) is 0 Å². The molecule has 0 aromatic carbocycles. The first-order valence-electron chi connectivity index (χ1n) is 5.52. The Kier molecular flexibility index (Phi) is 4.21. The fraction of sp³-hybridized carbons (Fsp3) is 0.667. The molecular formula is C12H21N3. The Morgan fingerprint density at radius 1 is 1.13 bits per heavy atom. The van der Waals surface area contributed by atoms with Gasteiger partial charge in [-0.05, 0) is 26.8 Å². The molecule has 0 saturated carbocycles. The second-order valence-corrected chi connectivity index (χ2v) is 4.42. The van der Waals surface area contributed by atoms with Crippen LogP contribution >= 0.6 is 0 Å². The van der Waals surface area contributed by atoms with Crippen molar-refractivity contribution in [3.8, 4) is 0 Å². The van der Waals surface area contributed by atoms with Crippen molar-refractivity contribution < 1.29 is 0 Å². The van der Waals surface area contributed by atoms with Crippen molar-refractivity contribution in [1.29, 1.82) is 0 Å². The molecule has 0 amide bonds. The highest BCUT2D eigenvalue weighted by Crippen LogP contribution is 2.12. The van der Waals surface area contributed by atoms with Crippen molar-refractivity contribution >= 4 is 0 Å². The lowest BCUT2D eigenvalue weighted by molar-refractivity contribution is 0.614. The summed E-state index contributed by atoms with van der Waals surface area (Å²) in [5.74, 6) is 1.58. The zero-order chi connectivity index (χ0) is 11.4. The molecule has 1 N–H and O–H groups in total. The summed E-state index contributed by atoms with van der Waals surface area (Å²) in [7, 11) is 1.95. The van der Waals surface area contributed by atoms with Gasteiger partial charge in [0, 0.05) is 29.9 Å². The van der Waals surface area contributed by atoms with Gasteiger partial charge in [-0.3, -0.25) is 0 Å². The number of nitrogens with one attached hydrogen (secondary N) is 1. The highest BCUT2D eigenvalue weighted by Gasteiger charge is 2.08. The average Bonchev–Trinajstić information content (AvgIpc) is 2.10. The number of aromatic nitrogens is 2. The maximum absolute atomic E-state index is 4.54. The summed E-state index contributed by atoms with van der Waals surface area (Å²) in [5.41, 5.74) is 3.44. The highest BCUT2D eigenvalue weighted by molar-refractivity contribution is 5.24. The maximum atomic E-state index is 4.54. The first-order valence-corrected chi connectivity index (χ1v) is 5.52. The van der Waals surface area contributed by atoms with Crippen molar-refractivity contribution in [2.45, 2.75) is 40.7 Å². The molecule has 0 unspecified atom stereocenters. The normalized spacial score (nSPS) is 11.1. The van der Waals surface area contributed by atoms with Crippen LogP contribution in [0.3, 0.4) is 0 Å². The van der Waals surface area contributed by atoms with Crippen LogP contribution in [0.15, 0.2) is 0 Å². The molecule has 0 aliphatic heterocycles. The Morgan fingerprint density at radius 2 is 1.67 bits per heavy atom. The van der Waals surface area contributed by atoms with Crippen LogP contribution in [0.5, 0.6) is 0 Å². The van der Waals surface area contributed by atoms with Crippen LogP contribution in [-0.4, -0.2) is 17.0 Å². The van der Waals surface area contributed by atoms with Gasteiger partial charge in [-0.15, -0.1) is 0 Å². The number of hydrogen-bond acceptors (Lipinski definition) is 3. The SMILES string of the molecule is CNCc1c(C)nc(CC(C)C)nc1C. The molecule has 15 heavy (non-hydrogen) atoms. The minimum absolute atomic E-state index is 0.610. The standard InChI is InChI=1S/C12H21N3/c1-8(2)6-12-14-9(3)11(7-13-5)10(4)15-12/h8,13H,6-7H2,1-5H3. The molecule has 3 heteroatoms. The first-order chi connectivity index (χ1) is 7.04. The lowest BCUT2D eigenvalue weighted by Gasteiger charge is -2.11. The van der Waals surface area contributed by atoms with E-state index in [1.165, 1.54) is 5.56 Å². The molecule has 0 aliphatic carbocycles. The van der Waals surface area contributed by atoms with Crippen molar-refractivity contribution in [2.75, 3.05) is 7.05 Å². The van der Waals surface area contributed by atoms with Gasteiger partial charge in [-0.1, -0.05) is 13.8 Å². The molecule has 84 valence electrons. The summed E-state index contributed by atoms with van der Waals surface area (Å²) in [5, 5.41) is 3.15. The fourth-order valence-corrected chi connectivity index (χ4v) is 1.70. The van der Waals surface area contributed by atoms with E-state index in [2.05, 4.69) is 43.0 Å². The average molecular weight is 207 g/mol. The third-order valence-corrected chi connectivity index (χ3v) is 2.41. The van der Waals surface area contributed by atoms with Gasteiger partial charge in [0.1, 0.15) is 5.82 Å². The molecule has 1 aromatic rings. The van der Waals surface area contributed by atoms with Crippen LogP contribution in [0.1, 0.15) is 36.6 Å². The van der Waals surface area contributed by atoms with E-state index < -0.39 is 0 Å². The second-order valence-electron chi connectivity index (χ2n) is 4.42. The van der Waals surface area contributed by atoms with Crippen molar-refractivity contribution in [3.05, 3.63) is 22.8 Å². The van der Waals surface area contributed by atoms with Crippen LogP contribution < -0.4 is 5.32 Å². The molecule has 0 aliphatic rings. The Bertz CT molecular complexity index is 309. The Morgan fingerprint density at radius 3 is 2.07 bits per heavy atom. The summed E-state index contributed by atoms with van der Waals surface area (Å²) >= 11 is 0. The Labute approximate surface area is 92.3 Å². The number of rotatable bonds is 4. The van der Waals surface area contributed by atoms with Crippen molar-refractivity contribution in [2.24, 2.45) is 5.92 Å². The summed E-state index contributed by atoms with van der Waals surface area (Å²) in [6, 6.07) is 0. The molecule has 0 bridgehead atoms. The van der Waals surface area contributed by atoms with E-state index in [4.69, 9.17) is 0 Å². The topological polar surface area (TPSA) is 37.8 Å². The molecule has 0 saturated heterocycles. The van der Waals surface area contributed by atoms with Gasteiger partial charge < -0.3 is 5.32 Å². The van der Waals surface area contributed by atoms with E-state index in [-0.39, 0.29) is 0 Å². The molecule has 1 rings (SSSR count). The summed E-state index contributed by atoms with van der Waals surface area (Å²) < 4.78 is 0. The third kappa shape index (κ3) is 3.27. The van der Waals surface area contributed by atoms with Gasteiger partial charge in [-0.25, -0.2) is 9.97 Å². The lowest BCUT2D eigenvalue weighted by atomic mass is 10.1. The first kappa shape index (κ1) is 12.1. The largest absolute Gasteiger partial charge is 0.316 e. The van der Waals surface area contributed by atoms with E-state index >= 15 is 0 Å². The zero-order valence-electron chi connectivity index (χ0n) is 10.4. The minimum Gasteiger partial charge on any atom is -0.316 e. The number of hydrogen-bond donors (Lipinski definition) is 1. The number of nitrogens with zero attached hydrogens (tertiary/aromatic N) is 2. The smallest absolute Gasteiger partial charge is 0.129 e. The van der Waals surface area contributed by atoms with Crippen LogP contribution in [0, 0.1) is 19.8 Å². The fourth-order valence-electron chi connectivity index (χ4n) is 1.70. The van der Waals surface area contributed by atoms with Gasteiger partial charge in [0.25, 0.3) is 0 Å². The predicted octanol–water partition coefficient (Wildman–Crippen LogP) is 2.01. The monoisotopic (exact) mass is 207 g/mol. The van der Waals surface area contributed by atoms with Gasteiger partial charge in [0.2, 0.25) is 0 Å². The van der Waals surface area contributed by atoms with E-state index in [0.717, 1.165) is 30.2 Å². The molecule has 1 heterocycles. The van der Waals surface area contributed by atoms with Gasteiger partial charge in [0.05, 0.1) is 0 Å². The molecule has 0 radical (unpaired) electrons. The summed E-state index contributed by atoms with van der Waals surface area (Å²) in [6.45, 7) is 9.35. The maximum Gasteiger partial charge on any atom is 0.129 e. The van der Waals surface area contributed by atoms with E-state index in [9.17, 15) is 0 Å². The Hall–Kier alpha value is -0.960. The van der Waals surface area contributed by atoms with Crippen LogP contribution in [0.25, 0.3) is 0 Å². The van der Waals surface area contributed by atoms with Crippen molar-refractivity contribution in [3.63, 3.8) is 0 Å². The van der Waals surface area contributed by atoms with Gasteiger partial charge in [0.15, 0.2) is 0 Å². The summed E-state index contributed by atoms with van der Waals surface area (Å²) in [6.07, 6.45) is 0.960. The van der Waals surface area contributed by atoms with E-state index in [0.29, 0.717) is 5.92 Å². The predicted molar refractivity (Wildman–Crippen MR) is 62.8 cm³/mol. The molecular weight excluding hydrogens is 186 g/mol. The zero-order valence-corrected chi connectivity index (χ0v) is 10.4. The van der Waals surface area contributed by atoms with E-state index in [1.807, 2.05) is 7.05 Å². The minimum atomic E-state index is 0.610. The van der Waals surface area contributed by atoms with Crippen molar-refractivity contribution in [1.82, 2.24) is 15.3 Å². The molecule has 0 spiro atoms. The molecule has 1 aromatic heterocycles. The molecule has 3 nitrogen and oxygen atoms in total. The third-order valence-electron chi connectivity index (χ3n) is 2.41. The molecule has 0 atom stereocenters. The lowest BCUT2D eigenvalue weighted by Crippen LogP contribution is -2.13.